The molecule has 102 valence electrons. The molecule has 1 N–H and O–H groups in total. The van der Waals surface area contributed by atoms with Gasteiger partial charge in [-0.2, -0.15) is 13.2 Å². The minimum absolute atomic E-state index is 0.0162. The minimum Gasteiger partial charge on any atom is -0.289 e. The number of nitrogens with one attached hydrogen (secondary N) is 1. The number of aromatic nitrogens is 5. The van der Waals surface area contributed by atoms with E-state index < -0.39 is 11.9 Å². The Morgan fingerprint density at radius 3 is 2.65 bits per heavy atom. The van der Waals surface area contributed by atoms with Crippen molar-refractivity contribution in [1.29, 1.82) is 0 Å². The van der Waals surface area contributed by atoms with Crippen molar-refractivity contribution in [3.05, 3.63) is 41.1 Å². The molecule has 0 amide bonds. The Morgan fingerprint density at radius 1 is 1.20 bits per heavy atom. The van der Waals surface area contributed by atoms with Gasteiger partial charge >= 0.3 is 6.18 Å². The van der Waals surface area contributed by atoms with Crippen molar-refractivity contribution in [3.8, 4) is 11.4 Å². The average molecular weight is 297 g/mol. The number of alkyl halides is 3. The van der Waals surface area contributed by atoms with Gasteiger partial charge in [0.2, 0.25) is 0 Å². The highest BCUT2D eigenvalue weighted by molar-refractivity contribution is 7.71. The number of H-pyrrole nitrogens is 1. The predicted molar refractivity (Wildman–Crippen MR) is 66.4 cm³/mol. The van der Waals surface area contributed by atoms with Gasteiger partial charge in [-0.3, -0.25) is 15.1 Å². The van der Waals surface area contributed by atoms with Crippen molar-refractivity contribution >= 4 is 17.9 Å². The van der Waals surface area contributed by atoms with Crippen LogP contribution in [0.1, 0.15) is 5.69 Å². The fourth-order valence-corrected chi connectivity index (χ4v) is 1.96. The van der Waals surface area contributed by atoms with E-state index in [9.17, 15) is 13.2 Å². The van der Waals surface area contributed by atoms with Gasteiger partial charge in [-0.05, 0) is 0 Å². The highest BCUT2D eigenvalue weighted by atomic mass is 32.1. The summed E-state index contributed by atoms with van der Waals surface area (Å²) in [5, 5.41) is 2.84. The topological polar surface area (TPSA) is 58.9 Å². The molecule has 0 aromatic carbocycles. The molecular formula is C11H6F3N5S. The average Bonchev–Trinajstić information content (AvgIpc) is 2.83. The van der Waals surface area contributed by atoms with Crippen molar-refractivity contribution in [2.75, 3.05) is 0 Å². The monoisotopic (exact) mass is 297 g/mol. The smallest absolute Gasteiger partial charge is 0.289 e. The third kappa shape index (κ3) is 2.16. The van der Waals surface area contributed by atoms with Crippen molar-refractivity contribution in [2.45, 2.75) is 6.18 Å². The third-order valence-electron chi connectivity index (χ3n) is 2.58. The third-order valence-corrected chi connectivity index (χ3v) is 2.88. The summed E-state index contributed by atoms with van der Waals surface area (Å²) in [6, 6.07) is 2.24. The van der Waals surface area contributed by atoms with E-state index in [0.717, 1.165) is 6.07 Å². The number of hydrogen-bond donors (Lipinski definition) is 1. The van der Waals surface area contributed by atoms with E-state index >= 15 is 0 Å². The van der Waals surface area contributed by atoms with Crippen molar-refractivity contribution < 1.29 is 13.2 Å². The molecule has 5 nitrogen and oxygen atoms in total. The lowest BCUT2D eigenvalue weighted by Gasteiger charge is -2.05. The summed E-state index contributed by atoms with van der Waals surface area (Å²) in [5.74, 6) is 0. The Labute approximate surface area is 115 Å². The summed E-state index contributed by atoms with van der Waals surface area (Å²) in [6.07, 6.45) is -0.0716. The van der Waals surface area contributed by atoms with Gasteiger partial charge in [0, 0.05) is 24.5 Å². The van der Waals surface area contributed by atoms with Gasteiger partial charge in [-0.25, -0.2) is 9.50 Å². The van der Waals surface area contributed by atoms with Gasteiger partial charge in [0.05, 0.1) is 11.9 Å². The van der Waals surface area contributed by atoms with Gasteiger partial charge in [0.25, 0.3) is 0 Å². The molecule has 3 aromatic rings. The molecular weight excluding hydrogens is 291 g/mol. The Kier molecular flexibility index (Phi) is 2.78. The fraction of sp³-hybridized carbons (Fsp3) is 0.0909. The summed E-state index contributed by atoms with van der Waals surface area (Å²) in [6.45, 7) is 0. The Hall–Kier alpha value is -2.29. The van der Waals surface area contributed by atoms with E-state index in [0.29, 0.717) is 11.4 Å². The van der Waals surface area contributed by atoms with Gasteiger partial charge in [-0.1, -0.05) is 12.2 Å². The maximum absolute atomic E-state index is 12.7. The molecule has 0 aliphatic carbocycles. The molecule has 20 heavy (non-hydrogen) atoms. The van der Waals surface area contributed by atoms with Crippen LogP contribution in [0.3, 0.4) is 0 Å². The van der Waals surface area contributed by atoms with Crippen LogP contribution in [0.15, 0.2) is 30.7 Å². The van der Waals surface area contributed by atoms with Gasteiger partial charge in [0.15, 0.2) is 5.65 Å². The van der Waals surface area contributed by atoms with E-state index in [1.807, 2.05) is 0 Å². The molecule has 0 atom stereocenters. The quantitative estimate of drug-likeness (QED) is 0.702. The Bertz CT molecular complexity index is 821. The summed E-state index contributed by atoms with van der Waals surface area (Å²) in [7, 11) is 0. The van der Waals surface area contributed by atoms with Crippen LogP contribution in [0, 0.1) is 4.64 Å². The lowest BCUT2D eigenvalue weighted by molar-refractivity contribution is -0.141. The summed E-state index contributed by atoms with van der Waals surface area (Å²) >= 11 is 4.93. The van der Waals surface area contributed by atoms with E-state index in [1.165, 1.54) is 29.2 Å². The summed E-state index contributed by atoms with van der Waals surface area (Å²) in [4.78, 5) is 11.5. The molecule has 0 radical (unpaired) electrons. The molecule has 0 fully saturated rings. The molecule has 0 aliphatic rings. The minimum atomic E-state index is -4.54. The number of aromatic amines is 1. The van der Waals surface area contributed by atoms with Crippen LogP contribution in [0.4, 0.5) is 13.2 Å². The van der Waals surface area contributed by atoms with E-state index in [4.69, 9.17) is 12.2 Å². The van der Waals surface area contributed by atoms with Crippen LogP contribution in [-0.2, 0) is 6.18 Å². The van der Waals surface area contributed by atoms with E-state index in [2.05, 4.69) is 20.1 Å². The molecule has 0 unspecified atom stereocenters. The van der Waals surface area contributed by atoms with E-state index in [-0.39, 0.29) is 10.3 Å². The summed E-state index contributed by atoms with van der Waals surface area (Å²) < 4.78 is 39.3. The molecule has 3 aromatic heterocycles. The van der Waals surface area contributed by atoms with E-state index in [1.54, 1.807) is 0 Å². The van der Waals surface area contributed by atoms with Crippen LogP contribution in [0.5, 0.6) is 0 Å². The molecule has 0 saturated carbocycles. The Morgan fingerprint density at radius 2 is 2.00 bits per heavy atom. The maximum Gasteiger partial charge on any atom is 0.433 e. The molecule has 9 heteroatoms. The second-order valence-corrected chi connectivity index (χ2v) is 4.35. The van der Waals surface area contributed by atoms with Gasteiger partial charge in [-0.15, -0.1) is 0 Å². The largest absolute Gasteiger partial charge is 0.433 e. The zero-order valence-corrected chi connectivity index (χ0v) is 10.5. The number of rotatable bonds is 1. The number of nitrogens with zero attached hydrogens (tertiary/aromatic N) is 4. The zero-order valence-electron chi connectivity index (χ0n) is 9.72. The first-order valence-electron chi connectivity index (χ1n) is 5.41. The van der Waals surface area contributed by atoms with Crippen LogP contribution in [0.2, 0.25) is 0 Å². The Balaban J connectivity index is 2.22. The van der Waals surface area contributed by atoms with Crippen LogP contribution >= 0.6 is 12.2 Å². The second kappa shape index (κ2) is 4.37. The van der Waals surface area contributed by atoms with Crippen molar-refractivity contribution in [3.63, 3.8) is 0 Å². The SMILES string of the molecule is FC(F)(F)c1cc(=S)n2[nH]c(-c3cnccn3)cc2n1. The molecule has 0 saturated heterocycles. The number of halogens is 3. The van der Waals surface area contributed by atoms with Crippen LogP contribution in [0.25, 0.3) is 17.0 Å². The normalized spacial score (nSPS) is 11.9. The number of fused-ring (bicyclic) bond motifs is 1. The molecule has 3 rings (SSSR count). The highest BCUT2D eigenvalue weighted by Crippen LogP contribution is 2.28. The predicted octanol–water partition coefficient (Wildman–Crippen LogP) is 2.87. The first kappa shape index (κ1) is 12.7. The first-order valence-corrected chi connectivity index (χ1v) is 5.82. The van der Waals surface area contributed by atoms with Crippen LogP contribution in [-0.4, -0.2) is 24.6 Å². The standard InChI is InChI=1S/C11H6F3N5S/c12-11(13,14)8-4-10(20)19-9(17-8)3-6(18-19)7-5-15-1-2-16-7/h1-5,18H. The van der Waals surface area contributed by atoms with Gasteiger partial charge < -0.3 is 0 Å². The maximum atomic E-state index is 12.7. The molecule has 0 aliphatic heterocycles. The second-order valence-electron chi connectivity index (χ2n) is 3.93. The van der Waals surface area contributed by atoms with Crippen molar-refractivity contribution in [2.24, 2.45) is 0 Å². The van der Waals surface area contributed by atoms with Crippen LogP contribution < -0.4 is 0 Å². The zero-order chi connectivity index (χ0) is 14.3. The first-order chi connectivity index (χ1) is 9.45. The van der Waals surface area contributed by atoms with Crippen molar-refractivity contribution in [1.82, 2.24) is 24.6 Å². The fourth-order valence-electron chi connectivity index (χ4n) is 1.71. The number of hydrogen-bond acceptors (Lipinski definition) is 4. The molecule has 3 heterocycles. The summed E-state index contributed by atoms with van der Waals surface area (Å²) in [5.41, 5.74) is 0.0228. The molecule has 0 bridgehead atoms. The lowest BCUT2D eigenvalue weighted by atomic mass is 10.3. The van der Waals surface area contributed by atoms with Gasteiger partial charge in [0.1, 0.15) is 16.0 Å². The highest BCUT2D eigenvalue weighted by Gasteiger charge is 2.33. The molecule has 0 spiro atoms. The lowest BCUT2D eigenvalue weighted by Crippen LogP contribution is -2.09.